The highest BCUT2D eigenvalue weighted by atomic mass is 35.5. The van der Waals surface area contributed by atoms with E-state index >= 15 is 0 Å². The van der Waals surface area contributed by atoms with Gasteiger partial charge >= 0.3 is 6.18 Å². The standard InChI is InChI=1S/C12H13F4N.ClH/c13-8-4-5-10(12(14,15)16)9(6-8)11(17)7-2-1-3-7;/h4-7,11H,1-3,17H2;1H/t11-;/m0./s1. The van der Waals surface area contributed by atoms with Gasteiger partial charge in [0.15, 0.2) is 0 Å². The van der Waals surface area contributed by atoms with E-state index in [0.29, 0.717) is 0 Å². The minimum atomic E-state index is -4.48. The van der Waals surface area contributed by atoms with Gasteiger partial charge in [-0.15, -0.1) is 12.4 Å². The molecule has 0 radical (unpaired) electrons. The minimum absolute atomic E-state index is 0. The first kappa shape index (κ1) is 15.2. The molecule has 2 N–H and O–H groups in total. The first-order valence-corrected chi connectivity index (χ1v) is 5.52. The van der Waals surface area contributed by atoms with E-state index in [1.807, 2.05) is 0 Å². The van der Waals surface area contributed by atoms with Gasteiger partial charge in [-0.25, -0.2) is 4.39 Å². The summed E-state index contributed by atoms with van der Waals surface area (Å²) in [5.41, 5.74) is 4.86. The molecule has 1 nitrogen and oxygen atoms in total. The molecule has 6 heteroatoms. The molecule has 102 valence electrons. The number of benzene rings is 1. The Morgan fingerprint density at radius 1 is 1.22 bits per heavy atom. The second-order valence-corrected chi connectivity index (χ2v) is 4.45. The SMILES string of the molecule is Cl.N[C@H](c1cc(F)ccc1C(F)(F)F)C1CCC1. The van der Waals surface area contributed by atoms with Crippen molar-refractivity contribution in [2.45, 2.75) is 31.5 Å². The van der Waals surface area contributed by atoms with Crippen molar-refractivity contribution in [3.05, 3.63) is 35.1 Å². The zero-order valence-electron chi connectivity index (χ0n) is 9.51. The van der Waals surface area contributed by atoms with Gasteiger partial charge in [0.05, 0.1) is 5.56 Å². The van der Waals surface area contributed by atoms with E-state index in [9.17, 15) is 17.6 Å². The molecule has 1 aliphatic rings. The third kappa shape index (κ3) is 2.95. The Kier molecular flexibility index (Phi) is 4.61. The zero-order valence-corrected chi connectivity index (χ0v) is 10.3. The molecule has 0 amide bonds. The molecule has 1 atom stereocenters. The Morgan fingerprint density at radius 2 is 1.83 bits per heavy atom. The van der Waals surface area contributed by atoms with Gasteiger partial charge < -0.3 is 5.73 Å². The third-order valence-electron chi connectivity index (χ3n) is 3.34. The Balaban J connectivity index is 0.00000162. The summed E-state index contributed by atoms with van der Waals surface area (Å²) >= 11 is 0. The maximum absolute atomic E-state index is 13.1. The van der Waals surface area contributed by atoms with Gasteiger partial charge in [-0.3, -0.25) is 0 Å². The molecular formula is C12H14ClF4N. The molecule has 18 heavy (non-hydrogen) atoms. The van der Waals surface area contributed by atoms with Crippen LogP contribution in [0, 0.1) is 11.7 Å². The molecule has 0 unspecified atom stereocenters. The summed E-state index contributed by atoms with van der Waals surface area (Å²) in [6.07, 6.45) is -1.87. The molecule has 1 aliphatic carbocycles. The normalized spacial score (nSPS) is 17.8. The maximum Gasteiger partial charge on any atom is 0.416 e. The summed E-state index contributed by atoms with van der Waals surface area (Å²) in [4.78, 5) is 0. The van der Waals surface area contributed by atoms with Crippen LogP contribution in [-0.2, 0) is 6.18 Å². The first-order chi connectivity index (χ1) is 7.89. The van der Waals surface area contributed by atoms with E-state index in [4.69, 9.17) is 5.73 Å². The average Bonchev–Trinajstić information content (AvgIpc) is 2.12. The van der Waals surface area contributed by atoms with Crippen LogP contribution in [0.3, 0.4) is 0 Å². The van der Waals surface area contributed by atoms with Crippen LogP contribution in [0.1, 0.15) is 36.4 Å². The number of alkyl halides is 3. The fraction of sp³-hybridized carbons (Fsp3) is 0.500. The number of rotatable bonds is 2. The van der Waals surface area contributed by atoms with Crippen LogP contribution in [0.2, 0.25) is 0 Å². The van der Waals surface area contributed by atoms with Gasteiger partial charge in [-0.05, 0) is 42.5 Å². The molecule has 0 spiro atoms. The molecule has 0 heterocycles. The number of hydrogen-bond donors (Lipinski definition) is 1. The van der Waals surface area contributed by atoms with Crippen LogP contribution in [0.5, 0.6) is 0 Å². The average molecular weight is 284 g/mol. The van der Waals surface area contributed by atoms with E-state index in [1.54, 1.807) is 0 Å². The summed E-state index contributed by atoms with van der Waals surface area (Å²) < 4.78 is 51.3. The van der Waals surface area contributed by atoms with E-state index < -0.39 is 23.6 Å². The summed E-state index contributed by atoms with van der Waals surface area (Å²) in [5, 5.41) is 0. The van der Waals surface area contributed by atoms with E-state index in [1.165, 1.54) is 0 Å². The van der Waals surface area contributed by atoms with Gasteiger partial charge in [-0.1, -0.05) is 6.42 Å². The van der Waals surface area contributed by atoms with Gasteiger partial charge in [0.2, 0.25) is 0 Å². The van der Waals surface area contributed by atoms with Crippen LogP contribution in [-0.4, -0.2) is 0 Å². The van der Waals surface area contributed by atoms with Gasteiger partial charge in [0, 0.05) is 6.04 Å². The van der Waals surface area contributed by atoms with Crippen molar-refractivity contribution in [2.75, 3.05) is 0 Å². The number of hydrogen-bond acceptors (Lipinski definition) is 1. The molecule has 0 bridgehead atoms. The van der Waals surface area contributed by atoms with Crippen molar-refractivity contribution >= 4 is 12.4 Å². The zero-order chi connectivity index (χ0) is 12.6. The lowest BCUT2D eigenvalue weighted by molar-refractivity contribution is -0.138. The summed E-state index contributed by atoms with van der Waals surface area (Å²) in [7, 11) is 0. The smallest absolute Gasteiger partial charge is 0.324 e. The molecule has 1 fully saturated rings. The Morgan fingerprint density at radius 3 is 2.28 bits per heavy atom. The van der Waals surface area contributed by atoms with E-state index in [-0.39, 0.29) is 23.9 Å². The molecule has 1 aromatic carbocycles. The Hall–Kier alpha value is -0.810. The lowest BCUT2D eigenvalue weighted by Gasteiger charge is -2.32. The number of nitrogens with two attached hydrogens (primary N) is 1. The van der Waals surface area contributed by atoms with Crippen LogP contribution < -0.4 is 5.73 Å². The van der Waals surface area contributed by atoms with Gasteiger partial charge in [0.1, 0.15) is 5.82 Å². The highest BCUT2D eigenvalue weighted by Gasteiger charge is 2.37. The molecule has 1 saturated carbocycles. The summed E-state index contributed by atoms with van der Waals surface area (Å²) in [6.45, 7) is 0. The lowest BCUT2D eigenvalue weighted by atomic mass is 9.76. The van der Waals surface area contributed by atoms with Crippen molar-refractivity contribution in [1.29, 1.82) is 0 Å². The highest BCUT2D eigenvalue weighted by Crippen LogP contribution is 2.41. The third-order valence-corrected chi connectivity index (χ3v) is 3.34. The summed E-state index contributed by atoms with van der Waals surface area (Å²) in [6, 6.07) is 1.77. The van der Waals surface area contributed by atoms with Crippen molar-refractivity contribution in [3.63, 3.8) is 0 Å². The fourth-order valence-electron chi connectivity index (χ4n) is 2.12. The van der Waals surface area contributed by atoms with Crippen LogP contribution in [0.4, 0.5) is 17.6 Å². The monoisotopic (exact) mass is 283 g/mol. The van der Waals surface area contributed by atoms with E-state index in [2.05, 4.69) is 0 Å². The lowest BCUT2D eigenvalue weighted by Crippen LogP contribution is -2.29. The van der Waals surface area contributed by atoms with Crippen molar-refractivity contribution in [3.8, 4) is 0 Å². The maximum atomic E-state index is 13.1. The van der Waals surface area contributed by atoms with Gasteiger partial charge in [0.25, 0.3) is 0 Å². The Labute approximate surface area is 109 Å². The van der Waals surface area contributed by atoms with Crippen molar-refractivity contribution < 1.29 is 17.6 Å². The van der Waals surface area contributed by atoms with Crippen molar-refractivity contribution in [1.82, 2.24) is 0 Å². The van der Waals surface area contributed by atoms with Crippen molar-refractivity contribution in [2.24, 2.45) is 11.7 Å². The van der Waals surface area contributed by atoms with Crippen LogP contribution in [0.15, 0.2) is 18.2 Å². The molecule has 0 aromatic heterocycles. The van der Waals surface area contributed by atoms with E-state index in [0.717, 1.165) is 37.5 Å². The molecule has 1 aromatic rings. The molecule has 2 rings (SSSR count). The molecule has 0 saturated heterocycles. The minimum Gasteiger partial charge on any atom is -0.324 e. The number of halogens is 5. The quantitative estimate of drug-likeness (QED) is 0.814. The summed E-state index contributed by atoms with van der Waals surface area (Å²) in [5.74, 6) is -0.638. The highest BCUT2D eigenvalue weighted by molar-refractivity contribution is 5.85. The Bertz CT molecular complexity index is 415. The topological polar surface area (TPSA) is 26.0 Å². The van der Waals surface area contributed by atoms with Gasteiger partial charge in [-0.2, -0.15) is 13.2 Å². The predicted molar refractivity (Wildman–Crippen MR) is 62.9 cm³/mol. The predicted octanol–water partition coefficient (Wildman–Crippen LogP) is 4.07. The van der Waals surface area contributed by atoms with Crippen LogP contribution >= 0.6 is 12.4 Å². The molecular weight excluding hydrogens is 270 g/mol. The molecule has 0 aliphatic heterocycles. The second-order valence-electron chi connectivity index (χ2n) is 4.45. The second kappa shape index (κ2) is 5.45. The largest absolute Gasteiger partial charge is 0.416 e. The fourth-order valence-corrected chi connectivity index (χ4v) is 2.12. The van der Waals surface area contributed by atoms with Crippen LogP contribution in [0.25, 0.3) is 0 Å². The first-order valence-electron chi connectivity index (χ1n) is 5.52.